The minimum Gasteiger partial charge on any atom is -0.493 e. The van der Waals surface area contributed by atoms with E-state index in [0.717, 1.165) is 0 Å². The second-order valence-electron chi connectivity index (χ2n) is 8.41. The molecular weight excluding hydrogens is 481 g/mol. The zero-order valence-corrected chi connectivity index (χ0v) is 20.3. The van der Waals surface area contributed by atoms with Crippen LogP contribution >= 0.6 is 23.2 Å². The second kappa shape index (κ2) is 9.13. The van der Waals surface area contributed by atoms with Gasteiger partial charge in [-0.15, -0.1) is 0 Å². The van der Waals surface area contributed by atoms with Gasteiger partial charge < -0.3 is 14.5 Å². The van der Waals surface area contributed by atoms with Crippen LogP contribution in [0.2, 0.25) is 10.0 Å². The van der Waals surface area contributed by atoms with E-state index >= 15 is 0 Å². The van der Waals surface area contributed by atoms with E-state index in [1.807, 2.05) is 20.8 Å². The highest BCUT2D eigenvalue weighted by Gasteiger charge is 2.22. The van der Waals surface area contributed by atoms with Crippen molar-refractivity contribution in [2.75, 3.05) is 12.4 Å². The molecule has 4 aromatic rings. The maximum atomic E-state index is 13.3. The summed E-state index contributed by atoms with van der Waals surface area (Å²) in [6, 6.07) is 8.11. The van der Waals surface area contributed by atoms with Gasteiger partial charge in [-0.25, -0.2) is 5.48 Å². The molecule has 0 aliphatic heterocycles. The van der Waals surface area contributed by atoms with Crippen molar-refractivity contribution >= 4 is 62.6 Å². The molecule has 0 saturated heterocycles. The average molecular weight is 502 g/mol. The maximum Gasteiger partial charge on any atom is 0.274 e. The largest absolute Gasteiger partial charge is 0.493 e. The summed E-state index contributed by atoms with van der Waals surface area (Å²) in [5, 5.41) is 4.14. The van der Waals surface area contributed by atoms with Crippen molar-refractivity contribution < 1.29 is 23.6 Å². The van der Waals surface area contributed by atoms with Crippen LogP contribution in [-0.2, 0) is 4.84 Å². The molecule has 0 spiro atoms. The molecule has 0 aliphatic carbocycles. The first-order valence-electron chi connectivity index (χ1n) is 10.2. The molecule has 0 aliphatic rings. The molecule has 2 aromatic carbocycles. The van der Waals surface area contributed by atoms with Gasteiger partial charge in [0.15, 0.2) is 11.3 Å². The predicted octanol–water partition coefficient (Wildman–Crippen LogP) is 6.01. The molecule has 8 nitrogen and oxygen atoms in total. The van der Waals surface area contributed by atoms with Gasteiger partial charge in [0.25, 0.3) is 11.8 Å². The first kappa shape index (κ1) is 23.8. The van der Waals surface area contributed by atoms with Gasteiger partial charge in [-0.05, 0) is 51.1 Å². The topological polar surface area (TPSA) is 103 Å². The lowest BCUT2D eigenvalue weighted by molar-refractivity contribution is -0.0589. The highest BCUT2D eigenvalue weighted by molar-refractivity contribution is 6.40. The molecule has 10 heteroatoms. The summed E-state index contributed by atoms with van der Waals surface area (Å²) in [5.74, 6) is -0.475. The smallest absolute Gasteiger partial charge is 0.274 e. The highest BCUT2D eigenvalue weighted by atomic mass is 35.5. The molecule has 0 saturated carbocycles. The lowest BCUT2D eigenvalue weighted by Gasteiger charge is -2.18. The Morgan fingerprint density at radius 1 is 1.03 bits per heavy atom. The second-order valence-corrected chi connectivity index (χ2v) is 9.22. The van der Waals surface area contributed by atoms with Gasteiger partial charge in [0.05, 0.1) is 34.0 Å². The quantitative estimate of drug-likeness (QED) is 0.324. The predicted molar refractivity (Wildman–Crippen MR) is 131 cm³/mol. The van der Waals surface area contributed by atoms with Gasteiger partial charge >= 0.3 is 0 Å². The Kier molecular flexibility index (Phi) is 6.40. The number of aromatic nitrogens is 1. The lowest BCUT2D eigenvalue weighted by Crippen LogP contribution is -2.33. The first-order valence-corrected chi connectivity index (χ1v) is 11.0. The van der Waals surface area contributed by atoms with Gasteiger partial charge in [-0.3, -0.25) is 19.4 Å². The van der Waals surface area contributed by atoms with E-state index < -0.39 is 17.4 Å². The molecule has 0 fully saturated rings. The number of fused-ring (bicyclic) bond motifs is 3. The lowest BCUT2D eigenvalue weighted by atomic mass is 10.0. The van der Waals surface area contributed by atoms with Crippen molar-refractivity contribution in [1.29, 1.82) is 0 Å². The summed E-state index contributed by atoms with van der Waals surface area (Å²) in [6.07, 6.45) is 2.76. The Bertz CT molecular complexity index is 1410. The zero-order valence-electron chi connectivity index (χ0n) is 18.8. The number of furan rings is 1. The number of hydroxylamine groups is 1. The Hall–Kier alpha value is -3.33. The van der Waals surface area contributed by atoms with Crippen LogP contribution in [0, 0.1) is 0 Å². The number of carbonyl (C=O) groups excluding carboxylic acids is 2. The van der Waals surface area contributed by atoms with Crippen LogP contribution in [0.3, 0.4) is 0 Å². The Labute approximate surface area is 205 Å². The van der Waals surface area contributed by atoms with Crippen LogP contribution in [0.25, 0.3) is 21.9 Å². The number of nitrogens with one attached hydrogen (secondary N) is 2. The van der Waals surface area contributed by atoms with E-state index in [9.17, 15) is 9.59 Å². The third-order valence-electron chi connectivity index (χ3n) is 4.85. The SMILES string of the molecule is COc1ccc(C(=O)Nc2c(Cl)cncc2Cl)c2c1oc1ccc(C(=O)NOC(C)(C)C)cc12. The molecule has 176 valence electrons. The number of benzene rings is 2. The summed E-state index contributed by atoms with van der Waals surface area (Å²) in [4.78, 5) is 35.2. The van der Waals surface area contributed by atoms with Gasteiger partial charge in [-0.1, -0.05) is 23.2 Å². The fourth-order valence-corrected chi connectivity index (χ4v) is 3.78. The van der Waals surface area contributed by atoms with Gasteiger partial charge in [0.1, 0.15) is 5.58 Å². The highest BCUT2D eigenvalue weighted by Crippen LogP contribution is 2.38. The van der Waals surface area contributed by atoms with E-state index in [1.165, 1.54) is 19.5 Å². The summed E-state index contributed by atoms with van der Waals surface area (Å²) < 4.78 is 11.4. The minimum atomic E-state index is -0.559. The van der Waals surface area contributed by atoms with Crippen molar-refractivity contribution in [3.05, 3.63) is 63.9 Å². The Balaban J connectivity index is 1.82. The Morgan fingerprint density at radius 2 is 1.74 bits per heavy atom. The van der Waals surface area contributed by atoms with Crippen molar-refractivity contribution in [3.8, 4) is 5.75 Å². The fraction of sp³-hybridized carbons (Fsp3) is 0.208. The number of methoxy groups -OCH3 is 1. The number of carbonyl (C=O) groups is 2. The monoisotopic (exact) mass is 501 g/mol. The summed E-state index contributed by atoms with van der Waals surface area (Å²) in [6.45, 7) is 5.45. The van der Waals surface area contributed by atoms with Crippen LogP contribution in [-0.4, -0.2) is 29.5 Å². The van der Waals surface area contributed by atoms with Crippen LogP contribution in [0.15, 0.2) is 47.1 Å². The minimum absolute atomic E-state index is 0.195. The van der Waals surface area contributed by atoms with Crippen molar-refractivity contribution in [1.82, 2.24) is 10.5 Å². The standard InChI is InChI=1S/C24H21Cl2N3O5/c1-24(2,3)34-29-22(30)12-5-7-17-14(9-12)19-13(6-8-18(32-4)21(19)33-17)23(31)28-20-15(25)10-27-11-16(20)26/h5-11H,1-4H3,(H,29,30)(H,27,28,31). The van der Waals surface area contributed by atoms with E-state index in [0.29, 0.717) is 33.3 Å². The molecule has 0 bridgehead atoms. The number of hydrogen-bond acceptors (Lipinski definition) is 6. The van der Waals surface area contributed by atoms with Crippen LogP contribution in [0.1, 0.15) is 41.5 Å². The molecule has 0 radical (unpaired) electrons. The summed E-state index contributed by atoms with van der Waals surface area (Å²) >= 11 is 12.3. The van der Waals surface area contributed by atoms with Crippen molar-refractivity contribution in [2.24, 2.45) is 0 Å². The van der Waals surface area contributed by atoms with Gasteiger partial charge in [0.2, 0.25) is 0 Å². The molecular formula is C24H21Cl2N3O5. The van der Waals surface area contributed by atoms with E-state index in [1.54, 1.807) is 30.3 Å². The fourth-order valence-electron chi connectivity index (χ4n) is 3.32. The van der Waals surface area contributed by atoms with Gasteiger partial charge in [0, 0.05) is 28.7 Å². The first-order chi connectivity index (χ1) is 16.1. The summed E-state index contributed by atoms with van der Waals surface area (Å²) in [5.41, 5.74) is 3.56. The molecule has 0 unspecified atom stereocenters. The maximum absolute atomic E-state index is 13.3. The van der Waals surface area contributed by atoms with Crippen LogP contribution in [0.4, 0.5) is 5.69 Å². The average Bonchev–Trinajstić information content (AvgIpc) is 3.17. The number of hydrogen-bond donors (Lipinski definition) is 2. The van der Waals surface area contributed by atoms with Gasteiger partial charge in [-0.2, -0.15) is 0 Å². The van der Waals surface area contributed by atoms with Crippen molar-refractivity contribution in [3.63, 3.8) is 0 Å². The molecule has 2 amide bonds. The van der Waals surface area contributed by atoms with Crippen molar-refractivity contribution in [2.45, 2.75) is 26.4 Å². The molecule has 4 rings (SSSR count). The number of amides is 2. The number of halogens is 2. The van der Waals surface area contributed by atoms with E-state index in [4.69, 9.17) is 37.2 Å². The zero-order chi connectivity index (χ0) is 24.6. The molecule has 0 atom stereocenters. The van der Waals surface area contributed by atoms with E-state index in [-0.39, 0.29) is 21.3 Å². The summed E-state index contributed by atoms with van der Waals surface area (Å²) in [7, 11) is 1.50. The number of pyridine rings is 1. The number of anilines is 1. The molecule has 34 heavy (non-hydrogen) atoms. The number of rotatable bonds is 5. The molecule has 2 heterocycles. The Morgan fingerprint density at radius 3 is 2.38 bits per heavy atom. The number of ether oxygens (including phenoxy) is 1. The normalized spacial score (nSPS) is 11.6. The third-order valence-corrected chi connectivity index (χ3v) is 5.42. The third kappa shape index (κ3) is 4.65. The van der Waals surface area contributed by atoms with E-state index in [2.05, 4.69) is 15.8 Å². The number of nitrogens with zero attached hydrogens (tertiary/aromatic N) is 1. The van der Waals surface area contributed by atoms with Crippen LogP contribution in [0.5, 0.6) is 5.75 Å². The van der Waals surface area contributed by atoms with Crippen LogP contribution < -0.4 is 15.5 Å². The molecule has 2 aromatic heterocycles. The molecule has 2 N–H and O–H groups in total.